The predicted molar refractivity (Wildman–Crippen MR) is 64.8 cm³/mol. The van der Waals surface area contributed by atoms with E-state index in [0.717, 1.165) is 0 Å². The Bertz CT molecular complexity index is 501. The van der Waals surface area contributed by atoms with Crippen molar-refractivity contribution in [2.45, 2.75) is 12.8 Å². The number of rotatable bonds is 5. The number of aliphatic carboxylic acids is 1. The van der Waals surface area contributed by atoms with Crippen molar-refractivity contribution in [2.75, 3.05) is 6.54 Å². The highest BCUT2D eigenvalue weighted by Crippen LogP contribution is 2.20. The van der Waals surface area contributed by atoms with E-state index in [-0.39, 0.29) is 5.56 Å². The van der Waals surface area contributed by atoms with Gasteiger partial charge in [-0.1, -0.05) is 18.2 Å². The molecular formula is C12H14N2O5. The molecule has 4 N–H and O–H groups in total. The zero-order valence-electron chi connectivity index (χ0n) is 10.2. The first kappa shape index (κ1) is 14.7. The van der Waals surface area contributed by atoms with Gasteiger partial charge in [0.05, 0.1) is 5.92 Å². The van der Waals surface area contributed by atoms with Crippen molar-refractivity contribution in [1.29, 1.82) is 0 Å². The molecule has 0 fully saturated rings. The molecule has 1 rings (SSSR count). The molecule has 1 aromatic rings. The van der Waals surface area contributed by atoms with E-state index in [0.29, 0.717) is 5.56 Å². The molecule has 7 heteroatoms. The molecule has 0 heterocycles. The SMILES string of the molecule is CC(C(=O)NCC(=O)O)c1ccccc1C(=O)NO. The van der Waals surface area contributed by atoms with Crippen molar-refractivity contribution in [3.05, 3.63) is 35.4 Å². The van der Waals surface area contributed by atoms with Gasteiger partial charge in [0.2, 0.25) is 5.91 Å². The summed E-state index contributed by atoms with van der Waals surface area (Å²) >= 11 is 0. The topological polar surface area (TPSA) is 116 Å². The van der Waals surface area contributed by atoms with Crippen LogP contribution in [0.5, 0.6) is 0 Å². The van der Waals surface area contributed by atoms with E-state index in [1.54, 1.807) is 25.1 Å². The maximum atomic E-state index is 11.7. The molecule has 0 saturated carbocycles. The molecule has 0 saturated heterocycles. The lowest BCUT2D eigenvalue weighted by Gasteiger charge is -2.14. The van der Waals surface area contributed by atoms with E-state index in [2.05, 4.69) is 5.32 Å². The fourth-order valence-corrected chi connectivity index (χ4v) is 1.60. The van der Waals surface area contributed by atoms with Crippen LogP contribution in [-0.2, 0) is 9.59 Å². The molecule has 0 aliphatic heterocycles. The number of amides is 2. The van der Waals surface area contributed by atoms with Crippen molar-refractivity contribution in [3.8, 4) is 0 Å². The van der Waals surface area contributed by atoms with Gasteiger partial charge in [-0.2, -0.15) is 0 Å². The third kappa shape index (κ3) is 3.78. The molecule has 19 heavy (non-hydrogen) atoms. The first-order valence-corrected chi connectivity index (χ1v) is 5.50. The number of hydrogen-bond donors (Lipinski definition) is 4. The number of carboxylic acid groups (broad SMARTS) is 1. The average molecular weight is 266 g/mol. The average Bonchev–Trinajstić information content (AvgIpc) is 2.42. The summed E-state index contributed by atoms with van der Waals surface area (Å²) in [7, 11) is 0. The van der Waals surface area contributed by atoms with Crippen molar-refractivity contribution in [3.63, 3.8) is 0 Å². The summed E-state index contributed by atoms with van der Waals surface area (Å²) in [5.74, 6) is -3.11. The Balaban J connectivity index is 2.93. The minimum Gasteiger partial charge on any atom is -0.480 e. The molecule has 0 bridgehead atoms. The van der Waals surface area contributed by atoms with Gasteiger partial charge >= 0.3 is 5.97 Å². The van der Waals surface area contributed by atoms with Crippen LogP contribution in [0.25, 0.3) is 0 Å². The normalized spacial score (nSPS) is 11.5. The molecule has 1 atom stereocenters. The van der Waals surface area contributed by atoms with E-state index in [1.807, 2.05) is 0 Å². The third-order valence-corrected chi connectivity index (χ3v) is 2.58. The van der Waals surface area contributed by atoms with Gasteiger partial charge in [-0.25, -0.2) is 5.48 Å². The Kier molecular flexibility index (Phi) is 5.01. The van der Waals surface area contributed by atoms with E-state index >= 15 is 0 Å². The van der Waals surface area contributed by atoms with Gasteiger partial charge in [0.1, 0.15) is 6.54 Å². The largest absolute Gasteiger partial charge is 0.480 e. The summed E-state index contributed by atoms with van der Waals surface area (Å²) in [6, 6.07) is 6.26. The highest BCUT2D eigenvalue weighted by atomic mass is 16.5. The van der Waals surface area contributed by atoms with E-state index in [4.69, 9.17) is 10.3 Å². The zero-order valence-corrected chi connectivity index (χ0v) is 10.2. The zero-order chi connectivity index (χ0) is 14.4. The summed E-state index contributed by atoms with van der Waals surface area (Å²) < 4.78 is 0. The lowest BCUT2D eigenvalue weighted by atomic mass is 9.94. The number of nitrogens with one attached hydrogen (secondary N) is 2. The van der Waals surface area contributed by atoms with Crippen molar-refractivity contribution in [1.82, 2.24) is 10.8 Å². The Morgan fingerprint density at radius 2 is 1.89 bits per heavy atom. The van der Waals surface area contributed by atoms with Crippen LogP contribution in [0, 0.1) is 0 Å². The van der Waals surface area contributed by atoms with Crippen LogP contribution in [-0.4, -0.2) is 34.6 Å². The standard InChI is InChI=1S/C12H14N2O5/c1-7(11(17)13-6-10(15)16)8-4-2-3-5-9(8)12(18)14-19/h2-5,7,19H,6H2,1H3,(H,13,17)(H,14,18)(H,15,16). The first-order chi connectivity index (χ1) is 8.97. The Morgan fingerprint density at radius 1 is 1.26 bits per heavy atom. The number of benzene rings is 1. The van der Waals surface area contributed by atoms with Gasteiger partial charge in [0.25, 0.3) is 5.91 Å². The summed E-state index contributed by atoms with van der Waals surface area (Å²) in [6.07, 6.45) is 0. The smallest absolute Gasteiger partial charge is 0.322 e. The second-order valence-electron chi connectivity index (χ2n) is 3.86. The maximum Gasteiger partial charge on any atom is 0.322 e. The van der Waals surface area contributed by atoms with Gasteiger partial charge < -0.3 is 10.4 Å². The molecular weight excluding hydrogens is 252 g/mol. The van der Waals surface area contributed by atoms with Gasteiger partial charge in [-0.3, -0.25) is 19.6 Å². The molecule has 0 spiro atoms. The number of hydroxylamine groups is 1. The number of carboxylic acids is 1. The molecule has 102 valence electrons. The molecule has 2 amide bonds. The fraction of sp³-hybridized carbons (Fsp3) is 0.250. The van der Waals surface area contributed by atoms with Crippen molar-refractivity contribution >= 4 is 17.8 Å². The Hall–Kier alpha value is -2.41. The summed E-state index contributed by atoms with van der Waals surface area (Å²) in [5, 5.41) is 19.3. The minimum atomic E-state index is -1.15. The molecule has 1 unspecified atom stereocenters. The predicted octanol–water partition coefficient (Wildman–Crippen LogP) is 0.110. The maximum absolute atomic E-state index is 11.7. The number of carbonyl (C=O) groups excluding carboxylic acids is 2. The van der Waals surface area contributed by atoms with Crippen LogP contribution in [0.15, 0.2) is 24.3 Å². The first-order valence-electron chi connectivity index (χ1n) is 5.50. The van der Waals surface area contributed by atoms with Gasteiger partial charge in [0, 0.05) is 5.56 Å². The van der Waals surface area contributed by atoms with E-state index in [9.17, 15) is 14.4 Å². The Morgan fingerprint density at radius 3 is 2.47 bits per heavy atom. The van der Waals surface area contributed by atoms with Crippen molar-refractivity contribution in [2.24, 2.45) is 0 Å². The van der Waals surface area contributed by atoms with E-state index in [1.165, 1.54) is 11.5 Å². The van der Waals surface area contributed by atoms with Crippen LogP contribution in [0.2, 0.25) is 0 Å². The molecule has 1 aromatic carbocycles. The van der Waals surface area contributed by atoms with Crippen LogP contribution in [0.4, 0.5) is 0 Å². The monoisotopic (exact) mass is 266 g/mol. The second-order valence-corrected chi connectivity index (χ2v) is 3.86. The van der Waals surface area contributed by atoms with Crippen LogP contribution in [0.3, 0.4) is 0 Å². The van der Waals surface area contributed by atoms with Gasteiger partial charge in [0.15, 0.2) is 0 Å². The number of hydrogen-bond acceptors (Lipinski definition) is 4. The van der Waals surface area contributed by atoms with Crippen LogP contribution in [0.1, 0.15) is 28.8 Å². The highest BCUT2D eigenvalue weighted by Gasteiger charge is 2.21. The number of carbonyl (C=O) groups is 3. The summed E-state index contributed by atoms with van der Waals surface area (Å²) in [6.45, 7) is 1.05. The van der Waals surface area contributed by atoms with Gasteiger partial charge in [-0.05, 0) is 18.6 Å². The highest BCUT2D eigenvalue weighted by molar-refractivity contribution is 5.97. The second kappa shape index (κ2) is 6.50. The summed E-state index contributed by atoms with van der Waals surface area (Å²) in [4.78, 5) is 33.6. The lowest BCUT2D eigenvalue weighted by Crippen LogP contribution is -2.33. The Labute approximate surface area is 109 Å². The minimum absolute atomic E-state index is 0.156. The molecule has 0 aliphatic carbocycles. The van der Waals surface area contributed by atoms with Crippen LogP contribution < -0.4 is 10.8 Å². The van der Waals surface area contributed by atoms with E-state index < -0.39 is 30.2 Å². The quantitative estimate of drug-likeness (QED) is 0.446. The third-order valence-electron chi connectivity index (χ3n) is 2.58. The van der Waals surface area contributed by atoms with Crippen LogP contribution >= 0.6 is 0 Å². The lowest BCUT2D eigenvalue weighted by molar-refractivity contribution is -0.138. The van der Waals surface area contributed by atoms with Gasteiger partial charge in [-0.15, -0.1) is 0 Å². The molecule has 0 aromatic heterocycles. The summed E-state index contributed by atoms with van der Waals surface area (Å²) in [5.41, 5.74) is 2.06. The molecule has 7 nitrogen and oxygen atoms in total. The molecule has 0 aliphatic rings. The fourth-order valence-electron chi connectivity index (χ4n) is 1.60. The molecule has 0 radical (unpaired) electrons. The van der Waals surface area contributed by atoms with Crippen molar-refractivity contribution < 1.29 is 24.7 Å².